The summed E-state index contributed by atoms with van der Waals surface area (Å²) in [6.07, 6.45) is 3.71. The molecule has 2 rings (SSSR count). The Labute approximate surface area is 93.0 Å². The molecule has 2 fully saturated rings. The van der Waals surface area contributed by atoms with Gasteiger partial charge in [-0.25, -0.2) is 0 Å². The minimum absolute atomic E-state index is 0.327. The van der Waals surface area contributed by atoms with Crippen molar-refractivity contribution in [1.29, 1.82) is 0 Å². The van der Waals surface area contributed by atoms with E-state index in [-0.39, 0.29) is 0 Å². The summed E-state index contributed by atoms with van der Waals surface area (Å²) in [5.41, 5.74) is 0.327. The van der Waals surface area contributed by atoms with Crippen molar-refractivity contribution in [2.75, 3.05) is 26.3 Å². The maximum atomic E-state index is 5.36. The SMILES string of the molecule is CC1(C)CC(NCC2CCOCC2)CN1. The van der Waals surface area contributed by atoms with Crippen LogP contribution in [0, 0.1) is 5.92 Å². The van der Waals surface area contributed by atoms with Gasteiger partial charge in [0.1, 0.15) is 0 Å². The summed E-state index contributed by atoms with van der Waals surface area (Å²) in [4.78, 5) is 0. The van der Waals surface area contributed by atoms with E-state index in [4.69, 9.17) is 4.74 Å². The van der Waals surface area contributed by atoms with Crippen molar-refractivity contribution < 1.29 is 4.74 Å². The molecule has 0 spiro atoms. The number of hydrogen-bond acceptors (Lipinski definition) is 3. The molecule has 2 heterocycles. The molecular weight excluding hydrogens is 188 g/mol. The molecule has 0 aromatic carbocycles. The largest absolute Gasteiger partial charge is 0.381 e. The highest BCUT2D eigenvalue weighted by Crippen LogP contribution is 2.19. The molecule has 0 bridgehead atoms. The van der Waals surface area contributed by atoms with Crippen molar-refractivity contribution in [1.82, 2.24) is 10.6 Å². The average molecular weight is 212 g/mol. The smallest absolute Gasteiger partial charge is 0.0469 e. The second kappa shape index (κ2) is 4.81. The molecular formula is C12H24N2O. The summed E-state index contributed by atoms with van der Waals surface area (Å²) in [6.45, 7) is 8.77. The van der Waals surface area contributed by atoms with E-state index < -0.39 is 0 Å². The molecule has 3 heteroatoms. The summed E-state index contributed by atoms with van der Waals surface area (Å²) < 4.78 is 5.36. The topological polar surface area (TPSA) is 33.3 Å². The predicted octanol–water partition coefficient (Wildman–Crippen LogP) is 1.14. The van der Waals surface area contributed by atoms with E-state index >= 15 is 0 Å². The Morgan fingerprint density at radius 1 is 1.33 bits per heavy atom. The third kappa shape index (κ3) is 3.44. The van der Waals surface area contributed by atoms with Crippen molar-refractivity contribution >= 4 is 0 Å². The number of rotatable bonds is 3. The maximum Gasteiger partial charge on any atom is 0.0469 e. The van der Waals surface area contributed by atoms with Gasteiger partial charge in [0.2, 0.25) is 0 Å². The lowest BCUT2D eigenvalue weighted by Gasteiger charge is -2.24. The molecule has 0 aliphatic carbocycles. The Hall–Kier alpha value is -0.120. The molecule has 2 saturated heterocycles. The van der Waals surface area contributed by atoms with E-state index in [9.17, 15) is 0 Å². The molecule has 15 heavy (non-hydrogen) atoms. The highest BCUT2D eigenvalue weighted by molar-refractivity contribution is 4.93. The molecule has 1 atom stereocenters. The molecule has 3 nitrogen and oxygen atoms in total. The van der Waals surface area contributed by atoms with Crippen LogP contribution in [0.3, 0.4) is 0 Å². The van der Waals surface area contributed by atoms with Gasteiger partial charge in [-0.3, -0.25) is 0 Å². The van der Waals surface area contributed by atoms with Crippen LogP contribution in [-0.2, 0) is 4.74 Å². The van der Waals surface area contributed by atoms with Gasteiger partial charge in [-0.1, -0.05) is 0 Å². The van der Waals surface area contributed by atoms with Crippen LogP contribution in [0.15, 0.2) is 0 Å². The van der Waals surface area contributed by atoms with E-state index in [1.54, 1.807) is 0 Å². The fourth-order valence-electron chi connectivity index (χ4n) is 2.59. The van der Waals surface area contributed by atoms with Gasteiger partial charge < -0.3 is 15.4 Å². The Balaban J connectivity index is 1.65. The van der Waals surface area contributed by atoms with Gasteiger partial charge in [-0.2, -0.15) is 0 Å². The predicted molar refractivity (Wildman–Crippen MR) is 62.0 cm³/mol. The van der Waals surface area contributed by atoms with Crippen LogP contribution in [0.2, 0.25) is 0 Å². The first-order valence-corrected chi connectivity index (χ1v) is 6.22. The Morgan fingerprint density at radius 2 is 2.07 bits per heavy atom. The molecule has 1 unspecified atom stereocenters. The van der Waals surface area contributed by atoms with E-state index in [2.05, 4.69) is 24.5 Å². The molecule has 2 aliphatic heterocycles. The van der Waals surface area contributed by atoms with Gasteiger partial charge in [0.05, 0.1) is 0 Å². The first-order chi connectivity index (χ1) is 7.16. The van der Waals surface area contributed by atoms with Crippen LogP contribution >= 0.6 is 0 Å². The van der Waals surface area contributed by atoms with Crippen LogP contribution in [-0.4, -0.2) is 37.9 Å². The number of ether oxygens (including phenoxy) is 1. The Kier molecular flexibility index (Phi) is 3.65. The third-order valence-electron chi connectivity index (χ3n) is 3.62. The lowest BCUT2D eigenvalue weighted by molar-refractivity contribution is 0.0656. The summed E-state index contributed by atoms with van der Waals surface area (Å²) >= 11 is 0. The highest BCUT2D eigenvalue weighted by atomic mass is 16.5. The number of hydrogen-bond donors (Lipinski definition) is 2. The zero-order chi connectivity index (χ0) is 10.7. The van der Waals surface area contributed by atoms with E-state index in [1.807, 2.05) is 0 Å². The van der Waals surface area contributed by atoms with Crippen LogP contribution < -0.4 is 10.6 Å². The van der Waals surface area contributed by atoms with Crippen molar-refractivity contribution in [3.63, 3.8) is 0 Å². The first kappa shape index (κ1) is 11.4. The third-order valence-corrected chi connectivity index (χ3v) is 3.62. The van der Waals surface area contributed by atoms with Gasteiger partial charge in [0.25, 0.3) is 0 Å². The lowest BCUT2D eigenvalue weighted by Crippen LogP contribution is -2.36. The molecule has 88 valence electrons. The van der Waals surface area contributed by atoms with E-state index in [0.717, 1.165) is 25.7 Å². The lowest BCUT2D eigenvalue weighted by atomic mass is 9.98. The number of nitrogens with one attached hydrogen (secondary N) is 2. The van der Waals surface area contributed by atoms with Crippen LogP contribution in [0.4, 0.5) is 0 Å². The first-order valence-electron chi connectivity index (χ1n) is 6.22. The second-order valence-electron chi connectivity index (χ2n) is 5.63. The van der Waals surface area contributed by atoms with Crippen LogP contribution in [0.25, 0.3) is 0 Å². The summed E-state index contributed by atoms with van der Waals surface area (Å²) in [5, 5.41) is 7.24. The molecule has 0 amide bonds. The van der Waals surface area contributed by atoms with Crippen molar-refractivity contribution in [3.05, 3.63) is 0 Å². The molecule has 0 aromatic rings. The standard InChI is InChI=1S/C12H24N2O/c1-12(2)7-11(9-14-12)13-8-10-3-5-15-6-4-10/h10-11,13-14H,3-9H2,1-2H3. The van der Waals surface area contributed by atoms with Gasteiger partial charge in [0, 0.05) is 31.3 Å². The van der Waals surface area contributed by atoms with E-state index in [1.165, 1.54) is 25.8 Å². The zero-order valence-corrected chi connectivity index (χ0v) is 10.0. The fourth-order valence-corrected chi connectivity index (χ4v) is 2.59. The normalized spacial score (nSPS) is 32.0. The zero-order valence-electron chi connectivity index (χ0n) is 10.0. The van der Waals surface area contributed by atoms with Gasteiger partial charge in [-0.15, -0.1) is 0 Å². The second-order valence-corrected chi connectivity index (χ2v) is 5.63. The average Bonchev–Trinajstić information content (AvgIpc) is 2.57. The highest BCUT2D eigenvalue weighted by Gasteiger charge is 2.30. The van der Waals surface area contributed by atoms with Gasteiger partial charge in [0.15, 0.2) is 0 Å². The quantitative estimate of drug-likeness (QED) is 0.736. The van der Waals surface area contributed by atoms with Crippen molar-refractivity contribution in [2.24, 2.45) is 5.92 Å². The molecule has 2 N–H and O–H groups in total. The molecule has 0 aromatic heterocycles. The molecule has 2 aliphatic rings. The molecule has 0 saturated carbocycles. The fraction of sp³-hybridized carbons (Fsp3) is 1.00. The van der Waals surface area contributed by atoms with Gasteiger partial charge >= 0.3 is 0 Å². The van der Waals surface area contributed by atoms with E-state index in [0.29, 0.717) is 11.6 Å². The summed E-state index contributed by atoms with van der Waals surface area (Å²) in [5.74, 6) is 0.836. The van der Waals surface area contributed by atoms with Crippen LogP contribution in [0.1, 0.15) is 33.1 Å². The minimum atomic E-state index is 0.327. The van der Waals surface area contributed by atoms with Gasteiger partial charge in [-0.05, 0) is 45.6 Å². The monoisotopic (exact) mass is 212 g/mol. The minimum Gasteiger partial charge on any atom is -0.381 e. The van der Waals surface area contributed by atoms with Crippen molar-refractivity contribution in [2.45, 2.75) is 44.7 Å². The van der Waals surface area contributed by atoms with Crippen LogP contribution in [0.5, 0.6) is 0 Å². The molecule has 0 radical (unpaired) electrons. The van der Waals surface area contributed by atoms with Crippen molar-refractivity contribution in [3.8, 4) is 0 Å². The summed E-state index contributed by atoms with van der Waals surface area (Å²) in [7, 11) is 0. The summed E-state index contributed by atoms with van der Waals surface area (Å²) in [6, 6.07) is 0.669. The maximum absolute atomic E-state index is 5.36. The Morgan fingerprint density at radius 3 is 2.67 bits per heavy atom. The Bertz CT molecular complexity index is 200.